The quantitative estimate of drug-likeness (QED) is 0.240. The van der Waals surface area contributed by atoms with Crippen molar-refractivity contribution in [1.29, 1.82) is 0 Å². The SMILES string of the molecule is COc1cc2c(cc1Nc1ncc(Br)c(Nc3ccc4nccnc4c3P(C)C)n1)CC[C@@H]1CC(N3CCN(C)CC3)CCN21. The lowest BCUT2D eigenvalue weighted by molar-refractivity contribution is 0.0892. The van der Waals surface area contributed by atoms with Gasteiger partial charge in [0.15, 0.2) is 0 Å². The van der Waals surface area contributed by atoms with E-state index in [1.165, 1.54) is 56.7 Å². The van der Waals surface area contributed by atoms with E-state index in [-0.39, 0.29) is 0 Å². The summed E-state index contributed by atoms with van der Waals surface area (Å²) in [6.07, 6.45) is 9.96. The van der Waals surface area contributed by atoms with Crippen LogP contribution in [0.2, 0.25) is 0 Å². The van der Waals surface area contributed by atoms with Crippen molar-refractivity contribution < 1.29 is 4.74 Å². The number of likely N-dealkylation sites (N-methyl/N-ethyl adjacent to an activating group) is 1. The molecule has 4 aromatic rings. The minimum absolute atomic E-state index is 0.459. The largest absolute Gasteiger partial charge is 0.494 e. The van der Waals surface area contributed by atoms with Gasteiger partial charge in [-0.1, -0.05) is 7.92 Å². The van der Waals surface area contributed by atoms with Gasteiger partial charge in [0.1, 0.15) is 11.6 Å². The van der Waals surface area contributed by atoms with Gasteiger partial charge < -0.3 is 25.2 Å². The zero-order valence-corrected chi connectivity index (χ0v) is 28.9. The summed E-state index contributed by atoms with van der Waals surface area (Å²) in [5, 5.41) is 8.17. The van der Waals surface area contributed by atoms with Crippen LogP contribution >= 0.6 is 23.9 Å². The molecule has 3 aliphatic rings. The topological polar surface area (TPSA) is 94.6 Å². The molecule has 0 saturated carbocycles. The Morgan fingerprint density at radius 2 is 1.76 bits per heavy atom. The second-order valence-electron chi connectivity index (χ2n) is 12.5. The molecule has 10 nitrogen and oxygen atoms in total. The first-order valence-corrected chi connectivity index (χ1v) is 18.8. The van der Waals surface area contributed by atoms with E-state index in [1.807, 2.05) is 6.07 Å². The van der Waals surface area contributed by atoms with Crippen LogP contribution in [0.25, 0.3) is 11.0 Å². The van der Waals surface area contributed by atoms with Crippen LogP contribution < -0.4 is 25.6 Å². The number of rotatable bonds is 7. The molecular weight excluding hydrogens is 649 g/mol. The molecule has 0 bridgehead atoms. The molecule has 1 unspecified atom stereocenters. The number of piperazine rings is 1. The molecule has 2 saturated heterocycles. The van der Waals surface area contributed by atoms with Crippen molar-refractivity contribution in [3.63, 3.8) is 0 Å². The number of nitrogens with one attached hydrogen (secondary N) is 2. The number of fused-ring (bicyclic) bond motifs is 4. The average molecular weight is 691 g/mol. The number of benzene rings is 2. The van der Waals surface area contributed by atoms with Gasteiger partial charge in [0, 0.05) is 86.1 Å². The number of halogens is 1. The average Bonchev–Trinajstić information content (AvgIpc) is 3.05. The number of nitrogens with zero attached hydrogens (tertiary/aromatic N) is 7. The van der Waals surface area contributed by atoms with E-state index in [0.29, 0.717) is 23.8 Å². The summed E-state index contributed by atoms with van der Waals surface area (Å²) >= 11 is 3.65. The zero-order chi connectivity index (χ0) is 31.1. The molecule has 2 N–H and O–H groups in total. The summed E-state index contributed by atoms with van der Waals surface area (Å²) in [7, 11) is 3.51. The van der Waals surface area contributed by atoms with Crippen molar-refractivity contribution in [2.75, 3.05) is 75.7 Å². The molecule has 2 fully saturated rings. The van der Waals surface area contributed by atoms with Crippen molar-refractivity contribution in [2.24, 2.45) is 0 Å². The van der Waals surface area contributed by atoms with E-state index in [4.69, 9.17) is 9.72 Å². The third-order valence-electron chi connectivity index (χ3n) is 9.50. The highest BCUT2D eigenvalue weighted by Crippen LogP contribution is 2.42. The maximum absolute atomic E-state index is 5.93. The predicted octanol–water partition coefficient (Wildman–Crippen LogP) is 5.58. The van der Waals surface area contributed by atoms with Crippen LogP contribution in [-0.4, -0.2) is 102 Å². The molecule has 0 aliphatic carbocycles. The van der Waals surface area contributed by atoms with Crippen molar-refractivity contribution in [3.05, 3.63) is 52.9 Å². The molecule has 2 atom stereocenters. The lowest BCUT2D eigenvalue weighted by Crippen LogP contribution is -2.55. The zero-order valence-electron chi connectivity index (χ0n) is 26.4. The molecule has 45 heavy (non-hydrogen) atoms. The minimum Gasteiger partial charge on any atom is -0.494 e. The molecule has 2 aromatic heterocycles. The van der Waals surface area contributed by atoms with Crippen LogP contribution in [0.15, 0.2) is 47.3 Å². The molecule has 0 radical (unpaired) electrons. The molecule has 5 heterocycles. The number of ether oxygens (including phenoxy) is 1. The van der Waals surface area contributed by atoms with Crippen LogP contribution in [0.3, 0.4) is 0 Å². The van der Waals surface area contributed by atoms with E-state index in [0.717, 1.165) is 50.9 Å². The van der Waals surface area contributed by atoms with Gasteiger partial charge in [0.25, 0.3) is 0 Å². The Morgan fingerprint density at radius 1 is 0.933 bits per heavy atom. The van der Waals surface area contributed by atoms with Gasteiger partial charge in [0.2, 0.25) is 5.95 Å². The highest BCUT2D eigenvalue weighted by molar-refractivity contribution is 9.10. The highest BCUT2D eigenvalue weighted by Gasteiger charge is 2.36. The maximum Gasteiger partial charge on any atom is 0.229 e. The Hall–Kier alpha value is -3.11. The monoisotopic (exact) mass is 689 g/mol. The molecule has 236 valence electrons. The maximum atomic E-state index is 5.93. The molecule has 2 aromatic carbocycles. The Morgan fingerprint density at radius 3 is 2.56 bits per heavy atom. The predicted molar refractivity (Wildman–Crippen MR) is 189 cm³/mol. The van der Waals surface area contributed by atoms with E-state index in [2.05, 4.69) is 94.8 Å². The lowest BCUT2D eigenvalue weighted by Gasteiger charge is -2.48. The number of hydrogen-bond acceptors (Lipinski definition) is 10. The van der Waals surface area contributed by atoms with Gasteiger partial charge in [-0.3, -0.25) is 14.9 Å². The summed E-state index contributed by atoms with van der Waals surface area (Å²) in [6.45, 7) is 10.3. The molecule has 0 amide bonds. The standard InChI is InChI=1S/C33H41BrN9OP/c1-41-13-15-42(16-14-41)22-9-12-43-23(18-22)6-5-21-17-27(29(44-2)19-28(21)43)39-33-37-20-24(34)32(40-33)38-26-8-7-25-30(31(26)45(3)4)36-11-10-35-25/h7-8,10-11,17,19-20,22-23H,5-6,9,12-16,18H2,1-4H3,(H2,37,38,39,40)/t22?,23-/m1/s1. The van der Waals surface area contributed by atoms with E-state index >= 15 is 0 Å². The van der Waals surface area contributed by atoms with Gasteiger partial charge in [-0.15, -0.1) is 0 Å². The number of methoxy groups -OCH3 is 1. The smallest absolute Gasteiger partial charge is 0.229 e. The number of anilines is 5. The van der Waals surface area contributed by atoms with E-state index in [9.17, 15) is 0 Å². The molecule has 7 rings (SSSR count). The summed E-state index contributed by atoms with van der Waals surface area (Å²) in [5.74, 6) is 1.98. The lowest BCUT2D eigenvalue weighted by atomic mass is 9.86. The molecule has 3 aliphatic heterocycles. The molecular formula is C33H41BrN9OP. The first-order chi connectivity index (χ1) is 21.9. The Kier molecular flexibility index (Phi) is 8.79. The normalized spacial score (nSPS) is 20.6. The molecule has 0 spiro atoms. The van der Waals surface area contributed by atoms with Crippen LogP contribution in [0.5, 0.6) is 5.75 Å². The van der Waals surface area contributed by atoms with Crippen LogP contribution in [0.1, 0.15) is 24.8 Å². The highest BCUT2D eigenvalue weighted by atomic mass is 79.9. The molecule has 12 heteroatoms. The fraction of sp³-hybridized carbons (Fsp3) is 0.455. The van der Waals surface area contributed by atoms with Crippen molar-refractivity contribution in [2.45, 2.75) is 37.8 Å². The third kappa shape index (κ3) is 6.20. The second-order valence-corrected chi connectivity index (χ2v) is 15.6. The summed E-state index contributed by atoms with van der Waals surface area (Å²) in [5.41, 5.74) is 6.33. The number of aromatic nitrogens is 4. The number of piperidine rings is 1. The summed E-state index contributed by atoms with van der Waals surface area (Å²) in [6, 6.07) is 9.79. The first-order valence-electron chi connectivity index (χ1n) is 15.8. The number of aryl methyl sites for hydroxylation is 1. The van der Waals surface area contributed by atoms with Crippen LogP contribution in [-0.2, 0) is 6.42 Å². The Balaban J connectivity index is 1.11. The summed E-state index contributed by atoms with van der Waals surface area (Å²) in [4.78, 5) is 26.4. The summed E-state index contributed by atoms with van der Waals surface area (Å²) < 4.78 is 6.71. The Labute approximate surface area is 274 Å². The van der Waals surface area contributed by atoms with Crippen molar-refractivity contribution >= 4 is 69.0 Å². The van der Waals surface area contributed by atoms with E-state index < -0.39 is 7.92 Å². The second kappa shape index (κ2) is 12.9. The van der Waals surface area contributed by atoms with Crippen molar-refractivity contribution in [1.82, 2.24) is 29.7 Å². The van der Waals surface area contributed by atoms with E-state index in [1.54, 1.807) is 25.7 Å². The first kappa shape index (κ1) is 30.5. The number of hydrogen-bond donors (Lipinski definition) is 2. The Bertz CT molecular complexity index is 1700. The van der Waals surface area contributed by atoms with Crippen molar-refractivity contribution in [3.8, 4) is 5.75 Å². The minimum atomic E-state index is -0.459. The fourth-order valence-corrected chi connectivity index (χ4v) is 8.65. The van der Waals surface area contributed by atoms with Gasteiger partial charge in [0.05, 0.1) is 28.3 Å². The van der Waals surface area contributed by atoms with Gasteiger partial charge in [-0.25, -0.2) is 4.98 Å². The fourth-order valence-electron chi connectivity index (χ4n) is 7.15. The van der Waals surface area contributed by atoms with Gasteiger partial charge in [-0.2, -0.15) is 4.98 Å². The van der Waals surface area contributed by atoms with Crippen LogP contribution in [0, 0.1) is 0 Å². The van der Waals surface area contributed by atoms with Gasteiger partial charge in [-0.05, 0) is 85.8 Å². The third-order valence-corrected chi connectivity index (χ3v) is 11.4. The van der Waals surface area contributed by atoms with Gasteiger partial charge >= 0.3 is 0 Å². The van der Waals surface area contributed by atoms with Crippen LogP contribution in [0.4, 0.5) is 28.8 Å².